The first-order valence-corrected chi connectivity index (χ1v) is 6.52. The van der Waals surface area contributed by atoms with Gasteiger partial charge in [-0.1, -0.05) is 17.7 Å². The van der Waals surface area contributed by atoms with Crippen molar-refractivity contribution in [3.63, 3.8) is 0 Å². The highest BCUT2D eigenvalue weighted by molar-refractivity contribution is 7.10. The van der Waals surface area contributed by atoms with Crippen LogP contribution < -0.4 is 11.5 Å². The molecule has 2 aromatic heterocycles. The van der Waals surface area contributed by atoms with Gasteiger partial charge in [0.1, 0.15) is 0 Å². The van der Waals surface area contributed by atoms with E-state index in [0.717, 1.165) is 10.4 Å². The van der Waals surface area contributed by atoms with Crippen LogP contribution in [0.25, 0.3) is 11.1 Å². The van der Waals surface area contributed by atoms with Crippen molar-refractivity contribution in [2.75, 3.05) is 0 Å². The summed E-state index contributed by atoms with van der Waals surface area (Å²) in [7, 11) is 0. The summed E-state index contributed by atoms with van der Waals surface area (Å²) in [4.78, 5) is 14.6. The number of oxazole rings is 1. The molecule has 0 aliphatic rings. The van der Waals surface area contributed by atoms with Crippen LogP contribution >= 0.6 is 22.9 Å². The van der Waals surface area contributed by atoms with Crippen molar-refractivity contribution < 1.29 is 4.42 Å². The first-order chi connectivity index (χ1) is 8.65. The lowest BCUT2D eigenvalue weighted by Gasteiger charge is -2.10. The molecule has 0 aliphatic carbocycles. The predicted octanol–water partition coefficient (Wildman–Crippen LogP) is 2.88. The number of hydrogen-bond acceptors (Lipinski definition) is 4. The largest absolute Gasteiger partial charge is 0.417 e. The third-order valence-electron chi connectivity index (χ3n) is 2.73. The summed E-state index contributed by atoms with van der Waals surface area (Å²) >= 11 is 7.56. The summed E-state index contributed by atoms with van der Waals surface area (Å²) in [5.41, 5.74) is 8.17. The van der Waals surface area contributed by atoms with Crippen LogP contribution in [0.2, 0.25) is 5.02 Å². The Morgan fingerprint density at radius 1 is 1.39 bits per heavy atom. The minimum Gasteiger partial charge on any atom is -0.408 e. The summed E-state index contributed by atoms with van der Waals surface area (Å²) in [6, 6.07) is 6.89. The van der Waals surface area contributed by atoms with Gasteiger partial charge in [-0.3, -0.25) is 4.98 Å². The highest BCUT2D eigenvalue weighted by atomic mass is 35.5. The number of fused-ring (bicyclic) bond motifs is 1. The molecule has 18 heavy (non-hydrogen) atoms. The van der Waals surface area contributed by atoms with E-state index >= 15 is 0 Å². The summed E-state index contributed by atoms with van der Waals surface area (Å²) in [5, 5.41) is 2.55. The summed E-state index contributed by atoms with van der Waals surface area (Å²) in [5.74, 6) is -0.468. The number of rotatable bonds is 2. The molecule has 0 radical (unpaired) electrons. The third kappa shape index (κ3) is 1.86. The van der Waals surface area contributed by atoms with Gasteiger partial charge in [0.25, 0.3) is 0 Å². The second kappa shape index (κ2) is 4.28. The molecular weight excluding hydrogens is 272 g/mol. The molecule has 3 aromatic rings. The SMILES string of the molecule is NC(c1ccc2[nH]c(=O)oc2c1)c1sccc1Cl. The lowest BCUT2D eigenvalue weighted by atomic mass is 10.1. The molecule has 0 amide bonds. The topological polar surface area (TPSA) is 72.0 Å². The third-order valence-corrected chi connectivity index (χ3v) is 4.17. The molecule has 0 bridgehead atoms. The van der Waals surface area contributed by atoms with Crippen molar-refractivity contribution in [1.29, 1.82) is 0 Å². The Hall–Kier alpha value is -1.56. The standard InChI is InChI=1S/C12H9ClN2O2S/c13-7-3-4-18-11(7)10(14)6-1-2-8-9(5-6)17-12(16)15-8/h1-5,10H,14H2,(H,15,16). The van der Waals surface area contributed by atoms with E-state index in [1.165, 1.54) is 11.3 Å². The molecule has 1 unspecified atom stereocenters. The minimum atomic E-state index is -0.468. The van der Waals surface area contributed by atoms with Crippen LogP contribution in [-0.2, 0) is 0 Å². The van der Waals surface area contributed by atoms with Crippen LogP contribution in [0.15, 0.2) is 38.9 Å². The Balaban J connectivity index is 2.09. The van der Waals surface area contributed by atoms with Crippen molar-refractivity contribution in [2.24, 2.45) is 5.73 Å². The molecule has 3 N–H and O–H groups in total. The fourth-order valence-electron chi connectivity index (χ4n) is 1.83. The average molecular weight is 281 g/mol. The maximum Gasteiger partial charge on any atom is 0.417 e. The molecule has 0 spiro atoms. The van der Waals surface area contributed by atoms with Crippen LogP contribution in [-0.4, -0.2) is 4.98 Å². The van der Waals surface area contributed by atoms with Gasteiger partial charge in [-0.15, -0.1) is 11.3 Å². The maximum absolute atomic E-state index is 11.1. The number of hydrogen-bond donors (Lipinski definition) is 2. The van der Waals surface area contributed by atoms with Crippen molar-refractivity contribution in [2.45, 2.75) is 6.04 Å². The van der Waals surface area contributed by atoms with Gasteiger partial charge < -0.3 is 10.2 Å². The maximum atomic E-state index is 11.1. The van der Waals surface area contributed by atoms with Gasteiger partial charge in [0.05, 0.1) is 16.6 Å². The molecule has 92 valence electrons. The number of H-pyrrole nitrogens is 1. The van der Waals surface area contributed by atoms with E-state index < -0.39 is 5.76 Å². The van der Waals surface area contributed by atoms with Crippen LogP contribution in [0.5, 0.6) is 0 Å². The van der Waals surface area contributed by atoms with Crippen LogP contribution in [0.4, 0.5) is 0 Å². The minimum absolute atomic E-state index is 0.317. The molecule has 1 atom stereocenters. The number of nitrogens with one attached hydrogen (secondary N) is 1. The second-order valence-electron chi connectivity index (χ2n) is 3.88. The predicted molar refractivity (Wildman–Crippen MR) is 72.2 cm³/mol. The highest BCUT2D eigenvalue weighted by Gasteiger charge is 2.15. The van der Waals surface area contributed by atoms with E-state index in [0.29, 0.717) is 16.1 Å². The van der Waals surface area contributed by atoms with Gasteiger partial charge in [-0.2, -0.15) is 0 Å². The molecule has 3 rings (SSSR count). The molecule has 0 saturated carbocycles. The molecule has 4 nitrogen and oxygen atoms in total. The fourth-order valence-corrected chi connectivity index (χ4v) is 3.04. The monoisotopic (exact) mass is 280 g/mol. The first-order valence-electron chi connectivity index (χ1n) is 5.26. The summed E-state index contributed by atoms with van der Waals surface area (Å²) in [6.45, 7) is 0. The molecule has 0 aliphatic heterocycles. The zero-order valence-electron chi connectivity index (χ0n) is 9.14. The lowest BCUT2D eigenvalue weighted by molar-refractivity contribution is 0.555. The summed E-state index contributed by atoms with van der Waals surface area (Å²) in [6.07, 6.45) is 0. The van der Waals surface area contributed by atoms with Crippen molar-refractivity contribution in [3.05, 3.63) is 55.7 Å². The number of aromatic amines is 1. The average Bonchev–Trinajstić information content (AvgIpc) is 2.91. The van der Waals surface area contributed by atoms with E-state index in [2.05, 4.69) is 4.98 Å². The number of halogens is 1. The van der Waals surface area contributed by atoms with Gasteiger partial charge >= 0.3 is 5.76 Å². The first kappa shape index (κ1) is 11.5. The van der Waals surface area contributed by atoms with Crippen molar-refractivity contribution >= 4 is 34.0 Å². The highest BCUT2D eigenvalue weighted by Crippen LogP contribution is 2.32. The zero-order chi connectivity index (χ0) is 12.7. The summed E-state index contributed by atoms with van der Waals surface area (Å²) < 4.78 is 5.01. The number of aromatic nitrogens is 1. The smallest absolute Gasteiger partial charge is 0.408 e. The van der Waals surface area contributed by atoms with Gasteiger partial charge in [0.15, 0.2) is 5.58 Å². The number of thiophene rings is 1. The molecule has 2 heterocycles. The van der Waals surface area contributed by atoms with Crippen LogP contribution in [0.3, 0.4) is 0 Å². The van der Waals surface area contributed by atoms with E-state index in [4.69, 9.17) is 21.8 Å². The molecule has 6 heteroatoms. The quantitative estimate of drug-likeness (QED) is 0.758. The van der Waals surface area contributed by atoms with E-state index in [1.54, 1.807) is 12.1 Å². The van der Waals surface area contributed by atoms with Crippen LogP contribution in [0, 0.1) is 0 Å². The van der Waals surface area contributed by atoms with E-state index in [9.17, 15) is 4.79 Å². The van der Waals surface area contributed by atoms with Crippen molar-refractivity contribution in [3.8, 4) is 0 Å². The molecule has 0 fully saturated rings. The second-order valence-corrected chi connectivity index (χ2v) is 5.24. The van der Waals surface area contributed by atoms with Crippen molar-refractivity contribution in [1.82, 2.24) is 4.98 Å². The lowest BCUT2D eigenvalue weighted by Crippen LogP contribution is -2.10. The van der Waals surface area contributed by atoms with Gasteiger partial charge in [0.2, 0.25) is 0 Å². The van der Waals surface area contributed by atoms with Crippen LogP contribution in [0.1, 0.15) is 16.5 Å². The normalized spacial score (nSPS) is 13.0. The zero-order valence-corrected chi connectivity index (χ0v) is 10.7. The Morgan fingerprint density at radius 3 is 2.94 bits per heavy atom. The van der Waals surface area contributed by atoms with Gasteiger partial charge in [-0.25, -0.2) is 4.79 Å². The fraction of sp³-hybridized carbons (Fsp3) is 0.0833. The molecule has 1 aromatic carbocycles. The number of benzene rings is 1. The molecular formula is C12H9ClN2O2S. The van der Waals surface area contributed by atoms with Gasteiger partial charge in [0, 0.05) is 4.88 Å². The Morgan fingerprint density at radius 2 is 2.22 bits per heavy atom. The Bertz CT molecular complexity index is 759. The molecule has 0 saturated heterocycles. The van der Waals surface area contributed by atoms with E-state index in [1.807, 2.05) is 17.5 Å². The van der Waals surface area contributed by atoms with Gasteiger partial charge in [-0.05, 0) is 29.1 Å². The van der Waals surface area contributed by atoms with E-state index in [-0.39, 0.29) is 6.04 Å². The number of nitrogens with two attached hydrogens (primary N) is 1. The Labute approximate surface area is 111 Å². The Kier molecular flexibility index (Phi) is 2.74.